The van der Waals surface area contributed by atoms with Crippen LogP contribution in [0.5, 0.6) is 0 Å². The van der Waals surface area contributed by atoms with Crippen LogP contribution in [0.3, 0.4) is 0 Å². The molecule has 0 atom stereocenters. The normalized spacial score (nSPS) is 10.3. The van der Waals surface area contributed by atoms with E-state index in [0.717, 1.165) is 0 Å². The molecule has 132 valence electrons. The maximum absolute atomic E-state index is 12.5. The van der Waals surface area contributed by atoms with Crippen LogP contribution in [0.15, 0.2) is 13.4 Å². The molecule has 0 aliphatic carbocycles. The van der Waals surface area contributed by atoms with E-state index in [0.29, 0.717) is 13.4 Å². The van der Waals surface area contributed by atoms with Gasteiger partial charge in [-0.3, -0.25) is 14.4 Å². The van der Waals surface area contributed by atoms with Crippen molar-refractivity contribution in [3.63, 3.8) is 0 Å². The Morgan fingerprint density at radius 1 is 0.875 bits per heavy atom. The van der Waals surface area contributed by atoms with Gasteiger partial charge in [0.25, 0.3) is 11.8 Å². The summed E-state index contributed by atoms with van der Waals surface area (Å²) in [5.74, 6) is -1.13. The summed E-state index contributed by atoms with van der Waals surface area (Å²) in [6.07, 6.45) is 0. The van der Waals surface area contributed by atoms with Gasteiger partial charge in [0.2, 0.25) is 5.91 Å². The highest BCUT2D eigenvalue weighted by Gasteiger charge is 2.29. The second kappa shape index (κ2) is 8.41. The predicted molar refractivity (Wildman–Crippen MR) is 103 cm³/mol. The zero-order chi connectivity index (χ0) is 18.8. The fraction of sp³-hybridized carbons (Fsp3) is 0.357. The molecule has 3 amide bonds. The quantitative estimate of drug-likeness (QED) is 0.627. The van der Waals surface area contributed by atoms with Crippen LogP contribution in [0.1, 0.15) is 20.7 Å². The average molecular weight is 529 g/mol. The van der Waals surface area contributed by atoms with Crippen LogP contribution < -0.4 is 11.1 Å². The molecular formula is C14H17Br3N4O3. The summed E-state index contributed by atoms with van der Waals surface area (Å²) in [7, 11) is 6.37. The van der Waals surface area contributed by atoms with E-state index in [-0.39, 0.29) is 35.2 Å². The van der Waals surface area contributed by atoms with Gasteiger partial charge in [0.15, 0.2) is 0 Å². The van der Waals surface area contributed by atoms with E-state index in [4.69, 9.17) is 5.73 Å². The second-order valence-corrected chi connectivity index (χ2v) is 7.60. The number of anilines is 1. The minimum absolute atomic E-state index is 0.223. The molecule has 10 heteroatoms. The Bertz CT molecular complexity index is 658. The number of nitrogens with zero attached hydrogens (tertiary/aromatic N) is 2. The van der Waals surface area contributed by atoms with Crippen LogP contribution in [0.4, 0.5) is 5.69 Å². The SMILES string of the molecule is CN(C)C(=O)c1c(Br)c(NC(=O)CN)c(Br)c(C(=O)N(C)C)c1Br. The highest BCUT2D eigenvalue weighted by molar-refractivity contribution is 9.11. The summed E-state index contributed by atoms with van der Waals surface area (Å²) in [5, 5.41) is 2.60. The van der Waals surface area contributed by atoms with Crippen LogP contribution in [0, 0.1) is 0 Å². The van der Waals surface area contributed by atoms with Gasteiger partial charge in [-0.1, -0.05) is 0 Å². The smallest absolute Gasteiger partial charge is 0.255 e. The number of nitrogens with two attached hydrogens (primary N) is 1. The third kappa shape index (κ3) is 4.16. The highest BCUT2D eigenvalue weighted by Crippen LogP contribution is 2.43. The summed E-state index contributed by atoms with van der Waals surface area (Å²) < 4.78 is 1.01. The van der Waals surface area contributed by atoms with E-state index in [2.05, 4.69) is 53.1 Å². The molecule has 0 fully saturated rings. The molecule has 0 saturated heterocycles. The van der Waals surface area contributed by atoms with Gasteiger partial charge in [-0.15, -0.1) is 0 Å². The van der Waals surface area contributed by atoms with Crippen molar-refractivity contribution < 1.29 is 14.4 Å². The summed E-state index contributed by atoms with van der Waals surface area (Å²) in [6.45, 7) is -0.233. The number of rotatable bonds is 4. The lowest BCUT2D eigenvalue weighted by atomic mass is 10.1. The maximum atomic E-state index is 12.5. The number of hydrogen-bond donors (Lipinski definition) is 2. The largest absolute Gasteiger partial charge is 0.345 e. The van der Waals surface area contributed by atoms with Gasteiger partial charge >= 0.3 is 0 Å². The number of benzene rings is 1. The van der Waals surface area contributed by atoms with Crippen molar-refractivity contribution >= 4 is 71.2 Å². The first kappa shape index (κ1) is 21.1. The molecule has 1 rings (SSSR count). The van der Waals surface area contributed by atoms with E-state index in [1.165, 1.54) is 9.80 Å². The first-order valence-corrected chi connectivity index (χ1v) is 9.06. The van der Waals surface area contributed by atoms with Crippen molar-refractivity contribution in [1.29, 1.82) is 0 Å². The van der Waals surface area contributed by atoms with Crippen molar-refractivity contribution in [2.75, 3.05) is 40.1 Å². The molecule has 3 N–H and O–H groups in total. The minimum atomic E-state index is -0.453. The third-order valence-electron chi connectivity index (χ3n) is 3.01. The number of nitrogens with one attached hydrogen (secondary N) is 1. The lowest BCUT2D eigenvalue weighted by Gasteiger charge is -2.22. The predicted octanol–water partition coefficient (Wildman–Crippen LogP) is 2.27. The molecule has 24 heavy (non-hydrogen) atoms. The molecule has 0 bridgehead atoms. The van der Waals surface area contributed by atoms with Gasteiger partial charge in [0.1, 0.15) is 0 Å². The number of carbonyl (C=O) groups excluding carboxylic acids is 3. The molecule has 0 aromatic heterocycles. The lowest BCUT2D eigenvalue weighted by molar-refractivity contribution is -0.114. The van der Waals surface area contributed by atoms with Crippen LogP contribution >= 0.6 is 47.8 Å². The molecule has 7 nitrogen and oxygen atoms in total. The summed E-state index contributed by atoms with van der Waals surface area (Å²) >= 11 is 10.0. The Hall–Kier alpha value is -0.970. The summed E-state index contributed by atoms with van der Waals surface area (Å²) in [5.41, 5.74) is 6.05. The number of hydrogen-bond acceptors (Lipinski definition) is 4. The molecule has 0 spiro atoms. The van der Waals surface area contributed by atoms with E-state index < -0.39 is 5.91 Å². The van der Waals surface area contributed by atoms with Crippen LogP contribution in [0.2, 0.25) is 0 Å². The van der Waals surface area contributed by atoms with E-state index >= 15 is 0 Å². The zero-order valence-electron chi connectivity index (χ0n) is 13.5. The Morgan fingerprint density at radius 2 is 1.25 bits per heavy atom. The van der Waals surface area contributed by atoms with Gasteiger partial charge in [0, 0.05) is 32.7 Å². The van der Waals surface area contributed by atoms with Crippen molar-refractivity contribution in [2.24, 2.45) is 5.73 Å². The molecule has 0 saturated carbocycles. The van der Waals surface area contributed by atoms with Crippen molar-refractivity contribution in [2.45, 2.75) is 0 Å². The number of amides is 3. The Balaban J connectivity index is 3.81. The van der Waals surface area contributed by atoms with Gasteiger partial charge in [0.05, 0.1) is 32.3 Å². The minimum Gasteiger partial charge on any atom is -0.345 e. The van der Waals surface area contributed by atoms with Gasteiger partial charge in [-0.2, -0.15) is 0 Å². The fourth-order valence-electron chi connectivity index (χ4n) is 1.79. The molecule has 1 aromatic carbocycles. The standard InChI is InChI=1S/C14H17Br3N4O3/c1-20(2)13(23)7-9(15)8(14(24)21(3)4)11(17)12(10(7)16)19-6(22)5-18/h5,18H2,1-4H3,(H,19,22). The number of halogens is 3. The summed E-state index contributed by atoms with van der Waals surface area (Å²) in [6, 6.07) is 0. The van der Waals surface area contributed by atoms with Crippen LogP contribution in [0.25, 0.3) is 0 Å². The third-order valence-corrected chi connectivity index (χ3v) is 5.39. The topological polar surface area (TPSA) is 95.7 Å². The Kier molecular flexibility index (Phi) is 7.39. The molecule has 0 heterocycles. The number of carbonyl (C=O) groups is 3. The van der Waals surface area contributed by atoms with Gasteiger partial charge in [-0.25, -0.2) is 0 Å². The van der Waals surface area contributed by atoms with E-state index in [1.807, 2.05) is 0 Å². The van der Waals surface area contributed by atoms with Gasteiger partial charge in [-0.05, 0) is 47.8 Å². The Morgan fingerprint density at radius 3 is 1.54 bits per heavy atom. The molecular weight excluding hydrogens is 512 g/mol. The van der Waals surface area contributed by atoms with Crippen LogP contribution in [-0.4, -0.2) is 62.3 Å². The highest BCUT2D eigenvalue weighted by atomic mass is 79.9. The van der Waals surface area contributed by atoms with Crippen molar-refractivity contribution in [3.8, 4) is 0 Å². The average Bonchev–Trinajstić information content (AvgIpc) is 2.50. The second-order valence-electron chi connectivity index (χ2n) is 5.22. The first-order chi connectivity index (χ1) is 11.0. The Labute approximate surface area is 165 Å². The van der Waals surface area contributed by atoms with Crippen LogP contribution in [-0.2, 0) is 4.79 Å². The van der Waals surface area contributed by atoms with Crippen molar-refractivity contribution in [1.82, 2.24) is 9.80 Å². The zero-order valence-corrected chi connectivity index (χ0v) is 18.3. The molecule has 1 aromatic rings. The molecule has 0 radical (unpaired) electrons. The summed E-state index contributed by atoms with van der Waals surface area (Å²) in [4.78, 5) is 39.5. The molecule has 0 aliphatic heterocycles. The molecule has 0 unspecified atom stereocenters. The van der Waals surface area contributed by atoms with Gasteiger partial charge < -0.3 is 20.9 Å². The first-order valence-electron chi connectivity index (χ1n) is 6.68. The van der Waals surface area contributed by atoms with Crippen molar-refractivity contribution in [3.05, 3.63) is 24.5 Å². The van der Waals surface area contributed by atoms with E-state index in [1.54, 1.807) is 28.2 Å². The maximum Gasteiger partial charge on any atom is 0.255 e. The lowest BCUT2D eigenvalue weighted by Crippen LogP contribution is -2.28. The molecule has 0 aliphatic rings. The monoisotopic (exact) mass is 526 g/mol. The fourth-order valence-corrected chi connectivity index (χ4v) is 4.65. The van der Waals surface area contributed by atoms with E-state index in [9.17, 15) is 14.4 Å².